The zero-order valence-electron chi connectivity index (χ0n) is 25.9. The number of hydrogen-bond acceptors (Lipinski definition) is 2. The first-order valence-electron chi connectivity index (χ1n) is 15.9. The van der Waals surface area contributed by atoms with Crippen LogP contribution in [0.15, 0.2) is 164 Å². The Morgan fingerprint density at radius 1 is 0.468 bits per heavy atom. The maximum Gasteiger partial charge on any atom is 0.141 e. The lowest BCUT2D eigenvalue weighted by molar-refractivity contribution is 0.960. The monoisotopic (exact) mass is 602 g/mol. The number of pyridine rings is 1. The highest BCUT2D eigenvalue weighted by Gasteiger charge is 2.21. The molecule has 0 N–H and O–H groups in total. The van der Waals surface area contributed by atoms with E-state index in [1.165, 1.54) is 16.3 Å². The third-order valence-corrected chi connectivity index (χ3v) is 9.19. The highest BCUT2D eigenvalue weighted by atomic mass is 15.1. The molecule has 0 saturated carbocycles. The van der Waals surface area contributed by atoms with Crippen LogP contribution < -0.4 is 0 Å². The SMILES string of the molecule is Cn1c(-c2cc3c(cc2-c2ccccc2)c2ccccc2n3-c2cccc(-c3ccccn3)c2)nc2cc(-c3ccccc3)ccc21. The zero-order valence-corrected chi connectivity index (χ0v) is 25.9. The van der Waals surface area contributed by atoms with Crippen LogP contribution in [0.2, 0.25) is 0 Å². The normalized spacial score (nSPS) is 11.5. The zero-order chi connectivity index (χ0) is 31.3. The van der Waals surface area contributed by atoms with E-state index in [1.807, 2.05) is 18.3 Å². The molecule has 0 fully saturated rings. The van der Waals surface area contributed by atoms with Crippen LogP contribution in [0, 0.1) is 0 Å². The third kappa shape index (κ3) is 4.53. The van der Waals surface area contributed by atoms with Crippen molar-refractivity contribution in [1.82, 2.24) is 19.1 Å². The number of imidazole rings is 1. The number of aromatic nitrogens is 4. The van der Waals surface area contributed by atoms with Crippen molar-refractivity contribution >= 4 is 32.8 Å². The summed E-state index contributed by atoms with van der Waals surface area (Å²) in [7, 11) is 2.12. The van der Waals surface area contributed by atoms with Crippen LogP contribution in [0.5, 0.6) is 0 Å². The van der Waals surface area contributed by atoms with Crippen LogP contribution in [0.25, 0.3) is 83.4 Å². The van der Waals surface area contributed by atoms with E-state index in [-0.39, 0.29) is 0 Å². The van der Waals surface area contributed by atoms with Gasteiger partial charge in [0.2, 0.25) is 0 Å². The Labute approximate surface area is 272 Å². The molecule has 9 aromatic rings. The van der Waals surface area contributed by atoms with Crippen molar-refractivity contribution in [2.75, 3.05) is 0 Å². The molecule has 0 aliphatic carbocycles. The summed E-state index contributed by atoms with van der Waals surface area (Å²) in [4.78, 5) is 9.95. The van der Waals surface area contributed by atoms with Gasteiger partial charge in [0, 0.05) is 40.8 Å². The summed E-state index contributed by atoms with van der Waals surface area (Å²) in [5, 5.41) is 2.42. The Morgan fingerprint density at radius 2 is 1.21 bits per heavy atom. The summed E-state index contributed by atoms with van der Waals surface area (Å²) in [5.74, 6) is 0.935. The number of benzene rings is 6. The molecule has 0 radical (unpaired) electrons. The van der Waals surface area contributed by atoms with Gasteiger partial charge in [-0.25, -0.2) is 4.98 Å². The van der Waals surface area contributed by atoms with Crippen LogP contribution in [0.4, 0.5) is 0 Å². The number of hydrogen-bond donors (Lipinski definition) is 0. The van der Waals surface area contributed by atoms with E-state index in [0.717, 1.165) is 67.1 Å². The molecule has 9 rings (SSSR count). The van der Waals surface area contributed by atoms with E-state index in [9.17, 15) is 0 Å². The molecule has 0 atom stereocenters. The molecule has 4 heteroatoms. The van der Waals surface area contributed by atoms with Gasteiger partial charge in [0.05, 0.1) is 27.8 Å². The fourth-order valence-electron chi connectivity index (χ4n) is 6.92. The van der Waals surface area contributed by atoms with Crippen LogP contribution in [-0.4, -0.2) is 19.1 Å². The van der Waals surface area contributed by atoms with Gasteiger partial charge in [-0.05, 0) is 76.9 Å². The molecule has 6 aromatic carbocycles. The number of fused-ring (bicyclic) bond motifs is 4. The lowest BCUT2D eigenvalue weighted by Gasteiger charge is -2.14. The summed E-state index contributed by atoms with van der Waals surface area (Å²) in [5.41, 5.74) is 13.3. The van der Waals surface area contributed by atoms with E-state index in [0.29, 0.717) is 0 Å². The molecule has 0 saturated heterocycles. The van der Waals surface area contributed by atoms with Crippen molar-refractivity contribution in [3.63, 3.8) is 0 Å². The van der Waals surface area contributed by atoms with Gasteiger partial charge in [-0.1, -0.05) is 103 Å². The third-order valence-electron chi connectivity index (χ3n) is 9.19. The van der Waals surface area contributed by atoms with Crippen LogP contribution in [0.1, 0.15) is 0 Å². The predicted octanol–water partition coefficient (Wildman–Crippen LogP) is 10.7. The number of para-hydroxylation sites is 1. The van der Waals surface area contributed by atoms with Crippen molar-refractivity contribution in [2.45, 2.75) is 0 Å². The Kier molecular flexibility index (Phi) is 6.32. The second kappa shape index (κ2) is 11.0. The fourth-order valence-corrected chi connectivity index (χ4v) is 6.92. The first-order valence-corrected chi connectivity index (χ1v) is 15.9. The summed E-state index contributed by atoms with van der Waals surface area (Å²) in [6.07, 6.45) is 1.85. The first-order chi connectivity index (χ1) is 23.2. The minimum Gasteiger partial charge on any atom is -0.327 e. The van der Waals surface area contributed by atoms with Crippen molar-refractivity contribution in [3.05, 3.63) is 164 Å². The molecule has 3 heterocycles. The topological polar surface area (TPSA) is 35.6 Å². The van der Waals surface area contributed by atoms with Gasteiger partial charge in [0.1, 0.15) is 5.82 Å². The highest BCUT2D eigenvalue weighted by molar-refractivity contribution is 6.12. The largest absolute Gasteiger partial charge is 0.327 e. The van der Waals surface area contributed by atoms with E-state index >= 15 is 0 Å². The van der Waals surface area contributed by atoms with Crippen molar-refractivity contribution < 1.29 is 0 Å². The average Bonchev–Trinajstić information content (AvgIpc) is 3.65. The molecule has 0 unspecified atom stereocenters. The molecule has 4 nitrogen and oxygen atoms in total. The Morgan fingerprint density at radius 3 is 2.02 bits per heavy atom. The van der Waals surface area contributed by atoms with Gasteiger partial charge in [0.25, 0.3) is 0 Å². The van der Waals surface area contributed by atoms with Gasteiger partial charge in [-0.3, -0.25) is 4.98 Å². The van der Waals surface area contributed by atoms with Crippen LogP contribution in [-0.2, 0) is 7.05 Å². The van der Waals surface area contributed by atoms with Gasteiger partial charge >= 0.3 is 0 Å². The van der Waals surface area contributed by atoms with E-state index in [2.05, 4.69) is 167 Å². The van der Waals surface area contributed by atoms with Gasteiger partial charge in [-0.15, -0.1) is 0 Å². The summed E-state index contributed by atoms with van der Waals surface area (Å²) < 4.78 is 4.61. The Bertz CT molecular complexity index is 2560. The maximum atomic E-state index is 5.32. The summed E-state index contributed by atoms with van der Waals surface area (Å²) in [6, 6.07) is 55.9. The van der Waals surface area contributed by atoms with E-state index in [4.69, 9.17) is 4.98 Å². The summed E-state index contributed by atoms with van der Waals surface area (Å²) in [6.45, 7) is 0. The molecule has 0 amide bonds. The van der Waals surface area contributed by atoms with Crippen molar-refractivity contribution in [2.24, 2.45) is 7.05 Å². The second-order valence-corrected chi connectivity index (χ2v) is 12.0. The highest BCUT2D eigenvalue weighted by Crippen LogP contribution is 2.41. The lowest BCUT2D eigenvalue weighted by atomic mass is 9.96. The molecule has 0 aliphatic heterocycles. The number of nitrogens with zero attached hydrogens (tertiary/aromatic N) is 4. The second-order valence-electron chi connectivity index (χ2n) is 12.0. The Balaban J connectivity index is 1.32. The van der Waals surface area contributed by atoms with Crippen molar-refractivity contribution in [1.29, 1.82) is 0 Å². The van der Waals surface area contributed by atoms with Crippen LogP contribution >= 0.6 is 0 Å². The molecule has 222 valence electrons. The van der Waals surface area contributed by atoms with E-state index in [1.54, 1.807) is 0 Å². The maximum absolute atomic E-state index is 5.32. The van der Waals surface area contributed by atoms with E-state index < -0.39 is 0 Å². The molecule has 47 heavy (non-hydrogen) atoms. The van der Waals surface area contributed by atoms with Crippen molar-refractivity contribution in [3.8, 4) is 50.6 Å². The van der Waals surface area contributed by atoms with Gasteiger partial charge in [-0.2, -0.15) is 0 Å². The molecule has 3 aromatic heterocycles. The standard InChI is InChI=1S/C43H30N4/c1-46-41-23-22-31(29-13-4-2-5-14-29)26-39(41)45-43(46)37-28-42-36(27-35(37)30-15-6-3-7-16-30)34-19-8-9-21-40(34)47(42)33-18-12-17-32(25-33)38-20-10-11-24-44-38/h2-28H,1H3. The Hall–Kier alpha value is -6.26. The fraction of sp³-hybridized carbons (Fsp3) is 0.0233. The first kappa shape index (κ1) is 27.1. The van der Waals surface area contributed by atoms with Gasteiger partial charge in [0.15, 0.2) is 0 Å². The quantitative estimate of drug-likeness (QED) is 0.196. The molecular formula is C43H30N4. The molecule has 0 bridgehead atoms. The van der Waals surface area contributed by atoms with Gasteiger partial charge < -0.3 is 9.13 Å². The average molecular weight is 603 g/mol. The smallest absolute Gasteiger partial charge is 0.141 e. The lowest BCUT2D eigenvalue weighted by Crippen LogP contribution is -1.98. The molecular weight excluding hydrogens is 573 g/mol. The summed E-state index contributed by atoms with van der Waals surface area (Å²) >= 11 is 0. The number of aryl methyl sites for hydroxylation is 1. The number of rotatable bonds is 5. The molecule has 0 spiro atoms. The predicted molar refractivity (Wildman–Crippen MR) is 195 cm³/mol. The minimum absolute atomic E-state index is 0.935. The minimum atomic E-state index is 0.935. The van der Waals surface area contributed by atoms with Crippen LogP contribution in [0.3, 0.4) is 0 Å². The molecule has 0 aliphatic rings.